The zero-order valence-corrected chi connectivity index (χ0v) is 11.9. The van der Waals surface area contributed by atoms with Crippen molar-refractivity contribution in [2.45, 2.75) is 20.4 Å². The van der Waals surface area contributed by atoms with Gasteiger partial charge in [0.1, 0.15) is 0 Å². The van der Waals surface area contributed by atoms with E-state index in [1.807, 2.05) is 30.7 Å². The average molecular weight is 279 g/mol. The van der Waals surface area contributed by atoms with Gasteiger partial charge in [0, 0.05) is 0 Å². The summed E-state index contributed by atoms with van der Waals surface area (Å²) < 4.78 is 6.53. The number of hydrogen-bond acceptors (Lipinski definition) is 3. The first-order valence-electron chi connectivity index (χ1n) is 5.89. The van der Waals surface area contributed by atoms with Crippen molar-refractivity contribution in [2.75, 3.05) is 7.11 Å². The van der Waals surface area contributed by atoms with Gasteiger partial charge in [0.2, 0.25) is 0 Å². The molecule has 0 spiro atoms. The van der Waals surface area contributed by atoms with Crippen LogP contribution in [0.5, 0.6) is 0 Å². The van der Waals surface area contributed by atoms with Crippen LogP contribution in [0.3, 0.4) is 0 Å². The summed E-state index contributed by atoms with van der Waals surface area (Å²) in [5, 5.41) is 5.05. The quantitative estimate of drug-likeness (QED) is 0.811. The molecule has 0 atom stereocenters. The van der Waals surface area contributed by atoms with Gasteiger partial charge in [-0.1, -0.05) is 23.7 Å². The van der Waals surface area contributed by atoms with Crippen LogP contribution in [0.15, 0.2) is 24.3 Å². The Hall–Kier alpha value is -1.81. The van der Waals surface area contributed by atoms with Gasteiger partial charge in [-0.2, -0.15) is 5.10 Å². The monoisotopic (exact) mass is 278 g/mol. The number of esters is 1. The summed E-state index contributed by atoms with van der Waals surface area (Å²) in [5.74, 6) is -0.340. The SMILES string of the molecule is COC(=O)c1cccc(Cn2nc(C)c(Cl)c2C)c1. The number of carbonyl (C=O) groups is 1. The first kappa shape index (κ1) is 13.6. The van der Waals surface area contributed by atoms with Gasteiger partial charge in [-0.15, -0.1) is 0 Å². The zero-order chi connectivity index (χ0) is 14.0. The number of halogens is 1. The van der Waals surface area contributed by atoms with Crippen molar-refractivity contribution in [1.29, 1.82) is 0 Å². The number of nitrogens with zero attached hydrogens (tertiary/aromatic N) is 2. The van der Waals surface area contributed by atoms with Crippen molar-refractivity contribution in [1.82, 2.24) is 9.78 Å². The van der Waals surface area contributed by atoms with Crippen LogP contribution in [0.2, 0.25) is 5.02 Å². The molecule has 0 aliphatic heterocycles. The molecule has 19 heavy (non-hydrogen) atoms. The summed E-state index contributed by atoms with van der Waals surface area (Å²) in [6.07, 6.45) is 0. The Morgan fingerprint density at radius 1 is 1.42 bits per heavy atom. The van der Waals surface area contributed by atoms with Crippen LogP contribution >= 0.6 is 11.6 Å². The maximum Gasteiger partial charge on any atom is 0.337 e. The number of hydrogen-bond donors (Lipinski definition) is 0. The molecule has 100 valence electrons. The Balaban J connectivity index is 2.28. The smallest absolute Gasteiger partial charge is 0.337 e. The molecule has 5 heteroatoms. The molecule has 4 nitrogen and oxygen atoms in total. The Morgan fingerprint density at radius 2 is 2.16 bits per heavy atom. The predicted octanol–water partition coefficient (Wildman–Crippen LogP) is 2.99. The van der Waals surface area contributed by atoms with E-state index in [4.69, 9.17) is 16.3 Å². The molecular weight excluding hydrogens is 264 g/mol. The van der Waals surface area contributed by atoms with E-state index < -0.39 is 0 Å². The fourth-order valence-corrected chi connectivity index (χ4v) is 2.05. The van der Waals surface area contributed by atoms with Gasteiger partial charge in [0.15, 0.2) is 0 Å². The van der Waals surface area contributed by atoms with Crippen LogP contribution < -0.4 is 0 Å². The predicted molar refractivity (Wildman–Crippen MR) is 73.6 cm³/mol. The lowest BCUT2D eigenvalue weighted by molar-refractivity contribution is 0.0600. The number of carbonyl (C=O) groups excluding carboxylic acids is 1. The average Bonchev–Trinajstić information content (AvgIpc) is 2.66. The number of benzene rings is 1. The van der Waals surface area contributed by atoms with E-state index in [-0.39, 0.29) is 5.97 Å². The molecule has 0 saturated carbocycles. The van der Waals surface area contributed by atoms with E-state index in [1.165, 1.54) is 7.11 Å². The molecule has 0 aliphatic rings. The van der Waals surface area contributed by atoms with Gasteiger partial charge >= 0.3 is 5.97 Å². The fourth-order valence-electron chi connectivity index (χ4n) is 1.92. The topological polar surface area (TPSA) is 44.1 Å². The highest BCUT2D eigenvalue weighted by Gasteiger charge is 2.10. The molecule has 1 aromatic heterocycles. The molecule has 0 bridgehead atoms. The van der Waals surface area contributed by atoms with Crippen molar-refractivity contribution >= 4 is 17.6 Å². The number of methoxy groups -OCH3 is 1. The Kier molecular flexibility index (Phi) is 3.90. The minimum atomic E-state index is -0.340. The van der Waals surface area contributed by atoms with E-state index >= 15 is 0 Å². The minimum Gasteiger partial charge on any atom is -0.465 e. The molecule has 0 unspecified atom stereocenters. The van der Waals surface area contributed by atoms with Gasteiger partial charge in [-0.3, -0.25) is 4.68 Å². The third kappa shape index (κ3) is 2.79. The normalized spacial score (nSPS) is 10.5. The number of ether oxygens (including phenoxy) is 1. The van der Waals surface area contributed by atoms with E-state index in [2.05, 4.69) is 5.10 Å². The maximum absolute atomic E-state index is 11.5. The molecular formula is C14H15ClN2O2. The first-order valence-corrected chi connectivity index (χ1v) is 6.27. The molecule has 1 aromatic carbocycles. The molecule has 0 N–H and O–H groups in total. The van der Waals surface area contributed by atoms with E-state index in [1.54, 1.807) is 12.1 Å². The highest BCUT2D eigenvalue weighted by atomic mass is 35.5. The second kappa shape index (κ2) is 5.45. The summed E-state index contributed by atoms with van der Waals surface area (Å²) >= 11 is 6.11. The molecule has 2 rings (SSSR count). The van der Waals surface area contributed by atoms with E-state index in [9.17, 15) is 4.79 Å². The van der Waals surface area contributed by atoms with Gasteiger partial charge in [0.25, 0.3) is 0 Å². The number of aromatic nitrogens is 2. The van der Waals surface area contributed by atoms with Crippen LogP contribution in [-0.2, 0) is 11.3 Å². The molecule has 0 saturated heterocycles. The van der Waals surface area contributed by atoms with Crippen molar-refractivity contribution in [3.63, 3.8) is 0 Å². The Labute approximate surface area is 116 Å². The second-order valence-electron chi connectivity index (χ2n) is 4.33. The lowest BCUT2D eigenvalue weighted by atomic mass is 10.1. The molecule has 0 aliphatic carbocycles. The maximum atomic E-state index is 11.5. The molecule has 0 radical (unpaired) electrons. The highest BCUT2D eigenvalue weighted by Crippen LogP contribution is 2.20. The fraction of sp³-hybridized carbons (Fsp3) is 0.286. The summed E-state index contributed by atoms with van der Waals surface area (Å²) in [6.45, 7) is 4.37. The van der Waals surface area contributed by atoms with Gasteiger partial charge in [-0.05, 0) is 31.5 Å². The Morgan fingerprint density at radius 3 is 2.74 bits per heavy atom. The highest BCUT2D eigenvalue weighted by molar-refractivity contribution is 6.31. The number of rotatable bonds is 3. The third-order valence-electron chi connectivity index (χ3n) is 2.97. The second-order valence-corrected chi connectivity index (χ2v) is 4.71. The van der Waals surface area contributed by atoms with Crippen molar-refractivity contribution in [3.8, 4) is 0 Å². The molecule has 0 amide bonds. The standard InChI is InChI=1S/C14H15ClN2O2/c1-9-13(15)10(2)17(16-9)8-11-5-4-6-12(7-11)14(18)19-3/h4-7H,8H2,1-3H3. The Bertz CT molecular complexity index is 620. The van der Waals surface area contributed by atoms with Crippen molar-refractivity contribution < 1.29 is 9.53 Å². The summed E-state index contributed by atoms with van der Waals surface area (Å²) in [6, 6.07) is 7.30. The third-order valence-corrected chi connectivity index (χ3v) is 3.52. The van der Waals surface area contributed by atoms with Gasteiger partial charge in [-0.25, -0.2) is 4.79 Å². The first-order chi connectivity index (χ1) is 9.02. The van der Waals surface area contributed by atoms with E-state index in [0.29, 0.717) is 17.1 Å². The molecule has 2 aromatic rings. The van der Waals surface area contributed by atoms with Crippen LogP contribution in [0, 0.1) is 13.8 Å². The van der Waals surface area contributed by atoms with Crippen LogP contribution in [-0.4, -0.2) is 22.9 Å². The van der Waals surface area contributed by atoms with E-state index in [0.717, 1.165) is 17.0 Å². The summed E-state index contributed by atoms with van der Waals surface area (Å²) in [5.41, 5.74) is 3.24. The van der Waals surface area contributed by atoms with Crippen molar-refractivity contribution in [3.05, 3.63) is 51.8 Å². The van der Waals surface area contributed by atoms with Crippen LogP contribution in [0.4, 0.5) is 0 Å². The van der Waals surface area contributed by atoms with Crippen LogP contribution in [0.25, 0.3) is 0 Å². The zero-order valence-electron chi connectivity index (χ0n) is 11.1. The van der Waals surface area contributed by atoms with Crippen LogP contribution in [0.1, 0.15) is 27.3 Å². The lowest BCUT2D eigenvalue weighted by Gasteiger charge is -2.06. The van der Waals surface area contributed by atoms with Gasteiger partial charge in [0.05, 0.1) is 35.6 Å². The van der Waals surface area contributed by atoms with Gasteiger partial charge < -0.3 is 4.74 Å². The molecule has 1 heterocycles. The number of aryl methyl sites for hydroxylation is 1. The lowest BCUT2D eigenvalue weighted by Crippen LogP contribution is -2.06. The summed E-state index contributed by atoms with van der Waals surface area (Å²) in [7, 11) is 1.37. The molecule has 0 fully saturated rings. The minimum absolute atomic E-state index is 0.340. The largest absolute Gasteiger partial charge is 0.465 e. The van der Waals surface area contributed by atoms with Crippen molar-refractivity contribution in [2.24, 2.45) is 0 Å². The summed E-state index contributed by atoms with van der Waals surface area (Å²) in [4.78, 5) is 11.5.